The molecular formula is C16H16BrCl2NO. The zero-order valence-corrected chi connectivity index (χ0v) is 14.9. The lowest BCUT2D eigenvalue weighted by atomic mass is 10.2. The van der Waals surface area contributed by atoms with Gasteiger partial charge in [-0.1, -0.05) is 59.0 Å². The van der Waals surface area contributed by atoms with E-state index in [1.807, 2.05) is 18.2 Å². The van der Waals surface area contributed by atoms with Crippen LogP contribution in [0.3, 0.4) is 0 Å². The van der Waals surface area contributed by atoms with Crippen LogP contribution in [0.5, 0.6) is 11.5 Å². The van der Waals surface area contributed by atoms with Crippen LogP contribution in [0.25, 0.3) is 0 Å². The Balaban J connectivity index is 2.24. The van der Waals surface area contributed by atoms with E-state index >= 15 is 0 Å². The maximum atomic E-state index is 6.02. The molecule has 0 amide bonds. The molecule has 0 saturated heterocycles. The molecule has 0 aliphatic heterocycles. The molecule has 2 rings (SSSR count). The molecule has 0 radical (unpaired) electrons. The molecule has 2 aromatic carbocycles. The Kier molecular flexibility index (Phi) is 5.94. The third-order valence-corrected chi connectivity index (χ3v) is 4.08. The average molecular weight is 389 g/mol. The van der Waals surface area contributed by atoms with Gasteiger partial charge in [-0.2, -0.15) is 0 Å². The molecule has 0 unspecified atom stereocenters. The maximum Gasteiger partial charge on any atom is 0.133 e. The third kappa shape index (κ3) is 4.89. The first-order chi connectivity index (χ1) is 9.95. The smallest absolute Gasteiger partial charge is 0.133 e. The van der Waals surface area contributed by atoms with Gasteiger partial charge in [0.2, 0.25) is 0 Å². The fraction of sp³-hybridized carbons (Fsp3) is 0.250. The van der Waals surface area contributed by atoms with Crippen molar-refractivity contribution in [2.75, 3.05) is 0 Å². The minimum atomic E-state index is 0.409. The number of ether oxygens (including phenoxy) is 1. The molecule has 112 valence electrons. The Morgan fingerprint density at radius 3 is 2.52 bits per heavy atom. The lowest BCUT2D eigenvalue weighted by Gasteiger charge is -2.14. The summed E-state index contributed by atoms with van der Waals surface area (Å²) in [5, 5.41) is 4.38. The zero-order valence-electron chi connectivity index (χ0n) is 11.8. The minimum Gasteiger partial charge on any atom is -0.457 e. The molecule has 0 aliphatic carbocycles. The second kappa shape index (κ2) is 7.50. The topological polar surface area (TPSA) is 21.3 Å². The Hall–Kier alpha value is -0.740. The summed E-state index contributed by atoms with van der Waals surface area (Å²) in [5.41, 5.74) is 1.08. The van der Waals surface area contributed by atoms with Gasteiger partial charge in [-0.3, -0.25) is 0 Å². The fourth-order valence-corrected chi connectivity index (χ4v) is 2.38. The summed E-state index contributed by atoms with van der Waals surface area (Å²) in [5.74, 6) is 1.45. The standard InChI is InChI=1S/C16H16BrCl2NO/c1-10(2)20-9-11-3-4-12(17)7-16(11)21-13-5-6-14(18)15(19)8-13/h3-8,10,20H,9H2,1-2H3. The van der Waals surface area contributed by atoms with E-state index in [-0.39, 0.29) is 0 Å². The van der Waals surface area contributed by atoms with Gasteiger partial charge >= 0.3 is 0 Å². The summed E-state index contributed by atoms with van der Waals surface area (Å²) in [7, 11) is 0. The number of halogens is 3. The average Bonchev–Trinajstić information content (AvgIpc) is 2.42. The second-order valence-corrected chi connectivity index (χ2v) is 6.70. The van der Waals surface area contributed by atoms with Gasteiger partial charge in [0, 0.05) is 28.7 Å². The van der Waals surface area contributed by atoms with E-state index in [4.69, 9.17) is 27.9 Å². The van der Waals surface area contributed by atoms with Crippen LogP contribution in [0.15, 0.2) is 40.9 Å². The number of nitrogens with one attached hydrogen (secondary N) is 1. The van der Waals surface area contributed by atoms with E-state index < -0.39 is 0 Å². The van der Waals surface area contributed by atoms with Gasteiger partial charge in [-0.15, -0.1) is 0 Å². The van der Waals surface area contributed by atoms with Crippen molar-refractivity contribution in [2.24, 2.45) is 0 Å². The van der Waals surface area contributed by atoms with Crippen molar-refractivity contribution in [3.05, 3.63) is 56.5 Å². The molecule has 0 aromatic heterocycles. The highest BCUT2D eigenvalue weighted by molar-refractivity contribution is 9.10. The highest BCUT2D eigenvalue weighted by Gasteiger charge is 2.08. The summed E-state index contributed by atoms with van der Waals surface area (Å²) in [6, 6.07) is 11.6. The van der Waals surface area contributed by atoms with Crippen LogP contribution in [0.2, 0.25) is 10.0 Å². The Morgan fingerprint density at radius 2 is 1.86 bits per heavy atom. The predicted octanol–water partition coefficient (Wildman–Crippen LogP) is 6.05. The molecule has 21 heavy (non-hydrogen) atoms. The van der Waals surface area contributed by atoms with Crippen LogP contribution < -0.4 is 10.1 Å². The largest absolute Gasteiger partial charge is 0.457 e. The van der Waals surface area contributed by atoms with Crippen LogP contribution in [-0.4, -0.2) is 6.04 Å². The molecule has 0 spiro atoms. The van der Waals surface area contributed by atoms with Crippen LogP contribution >= 0.6 is 39.1 Å². The maximum absolute atomic E-state index is 6.02. The Bertz CT molecular complexity index is 632. The summed E-state index contributed by atoms with van der Waals surface area (Å²) in [6.45, 7) is 4.96. The highest BCUT2D eigenvalue weighted by Crippen LogP contribution is 2.32. The quantitative estimate of drug-likeness (QED) is 0.673. The van der Waals surface area contributed by atoms with Gasteiger partial charge in [0.1, 0.15) is 11.5 Å². The minimum absolute atomic E-state index is 0.409. The fourth-order valence-electron chi connectivity index (χ4n) is 1.75. The van der Waals surface area contributed by atoms with E-state index in [0.717, 1.165) is 22.3 Å². The molecule has 0 saturated carbocycles. The molecule has 0 atom stereocenters. The Labute approximate surface area is 143 Å². The molecule has 0 aliphatic rings. The Morgan fingerprint density at radius 1 is 1.10 bits per heavy atom. The van der Waals surface area contributed by atoms with Crippen LogP contribution in [0.4, 0.5) is 0 Å². The second-order valence-electron chi connectivity index (χ2n) is 4.97. The van der Waals surface area contributed by atoms with Crippen molar-refractivity contribution in [3.63, 3.8) is 0 Å². The van der Waals surface area contributed by atoms with Crippen LogP contribution in [0, 0.1) is 0 Å². The molecule has 0 heterocycles. The summed E-state index contributed by atoms with van der Waals surface area (Å²) < 4.78 is 6.91. The molecule has 2 nitrogen and oxygen atoms in total. The lowest BCUT2D eigenvalue weighted by Crippen LogP contribution is -2.22. The van der Waals surface area contributed by atoms with Gasteiger partial charge in [0.05, 0.1) is 10.0 Å². The zero-order chi connectivity index (χ0) is 15.4. The van der Waals surface area contributed by atoms with Crippen molar-refractivity contribution < 1.29 is 4.74 Å². The first-order valence-corrected chi connectivity index (χ1v) is 8.15. The number of hydrogen-bond acceptors (Lipinski definition) is 2. The van der Waals surface area contributed by atoms with E-state index in [1.165, 1.54) is 0 Å². The van der Waals surface area contributed by atoms with Crippen molar-refractivity contribution in [1.82, 2.24) is 5.32 Å². The van der Waals surface area contributed by atoms with Crippen molar-refractivity contribution in [2.45, 2.75) is 26.4 Å². The monoisotopic (exact) mass is 387 g/mol. The van der Waals surface area contributed by atoms with E-state index in [9.17, 15) is 0 Å². The summed E-state index contributed by atoms with van der Waals surface area (Å²) in [6.07, 6.45) is 0. The van der Waals surface area contributed by atoms with Crippen LogP contribution in [0.1, 0.15) is 19.4 Å². The van der Waals surface area contributed by atoms with Gasteiger partial charge in [-0.25, -0.2) is 0 Å². The third-order valence-electron chi connectivity index (χ3n) is 2.85. The molecule has 2 aromatic rings. The van der Waals surface area contributed by atoms with Gasteiger partial charge in [0.15, 0.2) is 0 Å². The summed E-state index contributed by atoms with van der Waals surface area (Å²) >= 11 is 15.4. The van der Waals surface area contributed by atoms with Crippen LogP contribution in [-0.2, 0) is 6.54 Å². The van der Waals surface area contributed by atoms with Crippen molar-refractivity contribution >= 4 is 39.1 Å². The number of hydrogen-bond donors (Lipinski definition) is 1. The highest BCUT2D eigenvalue weighted by atomic mass is 79.9. The van der Waals surface area contributed by atoms with E-state index in [0.29, 0.717) is 21.8 Å². The van der Waals surface area contributed by atoms with Gasteiger partial charge < -0.3 is 10.1 Å². The molecule has 0 bridgehead atoms. The molecule has 1 N–H and O–H groups in total. The van der Waals surface area contributed by atoms with Crippen molar-refractivity contribution in [1.29, 1.82) is 0 Å². The molecule has 0 fully saturated rings. The number of rotatable bonds is 5. The molecular weight excluding hydrogens is 373 g/mol. The van der Waals surface area contributed by atoms with Gasteiger partial charge in [-0.05, 0) is 24.3 Å². The van der Waals surface area contributed by atoms with Gasteiger partial charge in [0.25, 0.3) is 0 Å². The van der Waals surface area contributed by atoms with Crippen molar-refractivity contribution in [3.8, 4) is 11.5 Å². The first-order valence-electron chi connectivity index (χ1n) is 6.60. The first kappa shape index (κ1) is 16.6. The summed E-state index contributed by atoms with van der Waals surface area (Å²) in [4.78, 5) is 0. The van der Waals surface area contributed by atoms with E-state index in [1.54, 1.807) is 18.2 Å². The van der Waals surface area contributed by atoms with E-state index in [2.05, 4.69) is 35.1 Å². The lowest BCUT2D eigenvalue weighted by molar-refractivity contribution is 0.469. The molecule has 5 heteroatoms. The SMILES string of the molecule is CC(C)NCc1ccc(Br)cc1Oc1ccc(Cl)c(Cl)c1. The normalized spacial score (nSPS) is 11.0. The number of benzene rings is 2. The predicted molar refractivity (Wildman–Crippen MR) is 92.7 cm³/mol.